The first kappa shape index (κ1) is 14.3. The highest BCUT2D eigenvalue weighted by molar-refractivity contribution is 4.93. The lowest BCUT2D eigenvalue weighted by atomic mass is 9.84. The van der Waals surface area contributed by atoms with Gasteiger partial charge in [-0.2, -0.15) is 0 Å². The normalized spacial score (nSPS) is 38.2. The van der Waals surface area contributed by atoms with Crippen molar-refractivity contribution in [3.8, 4) is 0 Å². The number of hydrogen-bond acceptors (Lipinski definition) is 4. The monoisotopic (exact) mass is 256 g/mol. The van der Waals surface area contributed by atoms with Crippen molar-refractivity contribution in [3.05, 3.63) is 0 Å². The average Bonchev–Trinajstić information content (AvgIpc) is 2.67. The fourth-order valence-electron chi connectivity index (χ4n) is 2.98. The molecule has 0 aliphatic carbocycles. The number of nitrogens with two attached hydrogens (primary N) is 1. The van der Waals surface area contributed by atoms with E-state index < -0.39 is 0 Å². The fourth-order valence-corrected chi connectivity index (χ4v) is 2.98. The van der Waals surface area contributed by atoms with Crippen LogP contribution in [-0.2, 0) is 9.47 Å². The zero-order valence-corrected chi connectivity index (χ0v) is 11.9. The first-order valence-electron chi connectivity index (χ1n) is 7.31. The van der Waals surface area contributed by atoms with Crippen LogP contribution < -0.4 is 5.73 Å². The quantitative estimate of drug-likeness (QED) is 0.804. The molecular weight excluding hydrogens is 228 g/mol. The van der Waals surface area contributed by atoms with Crippen molar-refractivity contribution in [2.24, 2.45) is 11.1 Å². The Morgan fingerprint density at radius 2 is 2.33 bits per heavy atom. The topological polar surface area (TPSA) is 47.7 Å². The molecule has 4 nitrogen and oxygen atoms in total. The highest BCUT2D eigenvalue weighted by Gasteiger charge is 2.39. The number of likely N-dealkylation sites (tertiary alicyclic amines) is 1. The van der Waals surface area contributed by atoms with Crippen LogP contribution in [0.5, 0.6) is 0 Å². The van der Waals surface area contributed by atoms with E-state index in [4.69, 9.17) is 15.2 Å². The molecule has 2 aliphatic rings. The highest BCUT2D eigenvalue weighted by atomic mass is 16.5. The minimum atomic E-state index is 0.118. The van der Waals surface area contributed by atoms with Gasteiger partial charge in [0.2, 0.25) is 0 Å². The van der Waals surface area contributed by atoms with Crippen LogP contribution in [0.3, 0.4) is 0 Å². The Bertz CT molecular complexity index is 262. The Morgan fingerprint density at radius 3 is 3.00 bits per heavy atom. The Kier molecular flexibility index (Phi) is 5.01. The van der Waals surface area contributed by atoms with Crippen molar-refractivity contribution in [2.45, 2.75) is 45.3 Å². The first-order valence-corrected chi connectivity index (χ1v) is 7.31. The van der Waals surface area contributed by atoms with Gasteiger partial charge in [0.1, 0.15) is 0 Å². The van der Waals surface area contributed by atoms with Crippen LogP contribution in [-0.4, -0.2) is 56.5 Å². The van der Waals surface area contributed by atoms with Crippen LogP contribution >= 0.6 is 0 Å². The summed E-state index contributed by atoms with van der Waals surface area (Å²) in [6, 6.07) is 0.175. The van der Waals surface area contributed by atoms with Gasteiger partial charge in [0.05, 0.1) is 19.3 Å². The van der Waals surface area contributed by atoms with Gasteiger partial charge in [0, 0.05) is 31.2 Å². The molecule has 2 aliphatic heterocycles. The van der Waals surface area contributed by atoms with Gasteiger partial charge in [-0.05, 0) is 25.8 Å². The van der Waals surface area contributed by atoms with E-state index in [2.05, 4.69) is 18.7 Å². The summed E-state index contributed by atoms with van der Waals surface area (Å²) in [5.41, 5.74) is 6.28. The van der Waals surface area contributed by atoms with Crippen molar-refractivity contribution in [2.75, 3.05) is 39.5 Å². The number of ether oxygens (including phenoxy) is 2. The van der Waals surface area contributed by atoms with E-state index in [1.165, 1.54) is 19.4 Å². The lowest BCUT2D eigenvalue weighted by Gasteiger charge is -2.38. The van der Waals surface area contributed by atoms with E-state index in [0.29, 0.717) is 12.7 Å². The third-order valence-electron chi connectivity index (χ3n) is 4.23. The number of hydrogen-bond donors (Lipinski definition) is 1. The number of nitrogens with zero attached hydrogens (tertiary/aromatic N) is 1. The standard InChI is InChI=1S/C14H28N2O2/c1-3-7-18-12-5-4-6-16(8-12)10-14(2)11-17-9-13(14)15/h12-13H,3-11,15H2,1-2H3. The van der Waals surface area contributed by atoms with Crippen molar-refractivity contribution >= 4 is 0 Å². The Balaban J connectivity index is 1.82. The maximum atomic E-state index is 6.16. The maximum absolute atomic E-state index is 6.16. The van der Waals surface area contributed by atoms with E-state index in [1.807, 2.05) is 0 Å². The summed E-state index contributed by atoms with van der Waals surface area (Å²) >= 11 is 0. The van der Waals surface area contributed by atoms with Gasteiger partial charge in [-0.25, -0.2) is 0 Å². The molecular formula is C14H28N2O2. The van der Waals surface area contributed by atoms with E-state index >= 15 is 0 Å². The van der Waals surface area contributed by atoms with E-state index in [1.54, 1.807) is 0 Å². The van der Waals surface area contributed by atoms with Crippen LogP contribution in [0, 0.1) is 5.41 Å². The molecule has 2 saturated heterocycles. The molecule has 0 spiro atoms. The molecule has 0 amide bonds. The van der Waals surface area contributed by atoms with Crippen LogP contribution in [0.15, 0.2) is 0 Å². The Morgan fingerprint density at radius 1 is 1.50 bits per heavy atom. The summed E-state index contributed by atoms with van der Waals surface area (Å²) in [6.45, 7) is 10.1. The molecule has 2 heterocycles. The van der Waals surface area contributed by atoms with E-state index in [0.717, 1.165) is 32.7 Å². The smallest absolute Gasteiger partial charge is 0.0702 e. The molecule has 0 aromatic heterocycles. The zero-order valence-electron chi connectivity index (χ0n) is 11.9. The summed E-state index contributed by atoms with van der Waals surface area (Å²) < 4.78 is 11.4. The third kappa shape index (κ3) is 3.44. The van der Waals surface area contributed by atoms with Gasteiger partial charge in [-0.1, -0.05) is 13.8 Å². The number of rotatable bonds is 5. The van der Waals surface area contributed by atoms with Crippen molar-refractivity contribution < 1.29 is 9.47 Å². The van der Waals surface area contributed by atoms with E-state index in [9.17, 15) is 0 Å². The van der Waals surface area contributed by atoms with Gasteiger partial charge < -0.3 is 20.1 Å². The molecule has 2 fully saturated rings. The summed E-state index contributed by atoms with van der Waals surface area (Å²) in [7, 11) is 0. The molecule has 0 bridgehead atoms. The van der Waals surface area contributed by atoms with Crippen molar-refractivity contribution in [1.29, 1.82) is 0 Å². The lowest BCUT2D eigenvalue weighted by Crippen LogP contribution is -2.50. The molecule has 18 heavy (non-hydrogen) atoms. The maximum Gasteiger partial charge on any atom is 0.0702 e. The predicted octanol–water partition coefficient (Wildman–Crippen LogP) is 1.24. The molecule has 3 atom stereocenters. The predicted molar refractivity (Wildman–Crippen MR) is 72.6 cm³/mol. The lowest BCUT2D eigenvalue weighted by molar-refractivity contribution is -0.0121. The van der Waals surface area contributed by atoms with Crippen molar-refractivity contribution in [3.63, 3.8) is 0 Å². The second kappa shape index (κ2) is 6.33. The van der Waals surface area contributed by atoms with Crippen LogP contribution in [0.4, 0.5) is 0 Å². The highest BCUT2D eigenvalue weighted by Crippen LogP contribution is 2.29. The number of piperidine rings is 1. The van der Waals surface area contributed by atoms with E-state index in [-0.39, 0.29) is 11.5 Å². The summed E-state index contributed by atoms with van der Waals surface area (Å²) in [4.78, 5) is 2.51. The molecule has 0 radical (unpaired) electrons. The Labute approximate surface area is 111 Å². The van der Waals surface area contributed by atoms with Gasteiger partial charge in [0.15, 0.2) is 0 Å². The molecule has 0 saturated carbocycles. The molecule has 4 heteroatoms. The molecule has 2 N–H and O–H groups in total. The molecule has 3 unspecified atom stereocenters. The average molecular weight is 256 g/mol. The zero-order chi connectivity index (χ0) is 13.0. The van der Waals surface area contributed by atoms with Gasteiger partial charge >= 0.3 is 0 Å². The second-order valence-electron chi connectivity index (χ2n) is 6.15. The minimum Gasteiger partial charge on any atom is -0.379 e. The summed E-state index contributed by atoms with van der Waals surface area (Å²) in [5.74, 6) is 0. The summed E-state index contributed by atoms with van der Waals surface area (Å²) in [5, 5.41) is 0. The Hall–Kier alpha value is -0.160. The second-order valence-corrected chi connectivity index (χ2v) is 6.15. The minimum absolute atomic E-state index is 0.118. The van der Waals surface area contributed by atoms with Crippen LogP contribution in [0.25, 0.3) is 0 Å². The summed E-state index contributed by atoms with van der Waals surface area (Å²) in [6.07, 6.45) is 3.96. The van der Waals surface area contributed by atoms with Crippen LogP contribution in [0.1, 0.15) is 33.1 Å². The molecule has 2 rings (SSSR count). The van der Waals surface area contributed by atoms with Gasteiger partial charge in [-0.3, -0.25) is 0 Å². The third-order valence-corrected chi connectivity index (χ3v) is 4.23. The van der Waals surface area contributed by atoms with Gasteiger partial charge in [-0.15, -0.1) is 0 Å². The van der Waals surface area contributed by atoms with Crippen LogP contribution in [0.2, 0.25) is 0 Å². The SMILES string of the molecule is CCCOC1CCCN(CC2(C)COCC2N)C1. The fraction of sp³-hybridized carbons (Fsp3) is 1.00. The molecule has 0 aromatic carbocycles. The van der Waals surface area contributed by atoms with Crippen molar-refractivity contribution in [1.82, 2.24) is 4.90 Å². The molecule has 106 valence electrons. The largest absolute Gasteiger partial charge is 0.379 e. The molecule has 0 aromatic rings. The van der Waals surface area contributed by atoms with Gasteiger partial charge in [0.25, 0.3) is 0 Å². The first-order chi connectivity index (χ1) is 8.64.